The van der Waals surface area contributed by atoms with Crippen molar-refractivity contribution in [2.75, 3.05) is 44.7 Å². The number of anilines is 1. The number of hydrogen-bond acceptors (Lipinski definition) is 5. The Bertz CT molecular complexity index is 967. The second-order valence-electron chi connectivity index (χ2n) is 6.44. The molecule has 1 saturated heterocycles. The summed E-state index contributed by atoms with van der Waals surface area (Å²) in [5, 5.41) is 5.12. The summed E-state index contributed by atoms with van der Waals surface area (Å²) in [6.07, 6.45) is 0. The average Bonchev–Trinajstić information content (AvgIpc) is 2.65. The van der Waals surface area contributed by atoms with Gasteiger partial charge in [0.05, 0.1) is 18.6 Å². The second kappa shape index (κ2) is 8.35. The topological polar surface area (TPSA) is 41.6 Å². The molecule has 4 rings (SSSR count). The summed E-state index contributed by atoms with van der Waals surface area (Å²) < 4.78 is 7.52. The number of morpholine rings is 1. The lowest BCUT2D eigenvalue weighted by molar-refractivity contribution is 0.0398. The van der Waals surface area contributed by atoms with Gasteiger partial charge in [0.15, 0.2) is 5.43 Å². The molecule has 0 saturated carbocycles. The minimum Gasteiger partial charge on any atom is -0.383 e. The van der Waals surface area contributed by atoms with Gasteiger partial charge < -0.3 is 10.1 Å². The lowest BCUT2D eigenvalue weighted by Gasteiger charge is -2.26. The normalized spacial score (nSPS) is 15.1. The highest BCUT2D eigenvalue weighted by Crippen LogP contribution is 2.31. The maximum absolute atomic E-state index is 13.1. The first-order valence-corrected chi connectivity index (χ1v) is 9.55. The van der Waals surface area contributed by atoms with E-state index in [4.69, 9.17) is 4.74 Å². The number of halogens is 1. The second-order valence-corrected chi connectivity index (χ2v) is 7.49. The van der Waals surface area contributed by atoms with E-state index in [9.17, 15) is 4.79 Å². The fourth-order valence-corrected chi connectivity index (χ4v) is 4.52. The molecular weight excluding hydrogens is 368 g/mol. The molecule has 2 aromatic carbocycles. The van der Waals surface area contributed by atoms with Crippen molar-refractivity contribution < 1.29 is 4.74 Å². The fourth-order valence-electron chi connectivity index (χ4n) is 3.35. The van der Waals surface area contributed by atoms with Crippen molar-refractivity contribution in [3.05, 3.63) is 52.2 Å². The molecule has 2 heterocycles. The van der Waals surface area contributed by atoms with Crippen LogP contribution in [0.5, 0.6) is 0 Å². The summed E-state index contributed by atoms with van der Waals surface area (Å²) in [7, 11) is 0. The van der Waals surface area contributed by atoms with Crippen molar-refractivity contribution in [3.8, 4) is 0 Å². The number of rotatable bonds is 4. The first kappa shape index (κ1) is 19.1. The molecule has 6 heteroatoms. The minimum absolute atomic E-state index is 0. The third-order valence-electron chi connectivity index (χ3n) is 4.77. The van der Waals surface area contributed by atoms with E-state index in [1.807, 2.05) is 30.3 Å². The van der Waals surface area contributed by atoms with Gasteiger partial charge in [-0.15, -0.1) is 23.7 Å². The quantitative estimate of drug-likeness (QED) is 0.686. The van der Waals surface area contributed by atoms with Crippen LogP contribution in [-0.2, 0) is 4.74 Å². The average molecular weight is 391 g/mol. The molecule has 0 aliphatic carbocycles. The highest BCUT2D eigenvalue weighted by molar-refractivity contribution is 7.24. The van der Waals surface area contributed by atoms with Crippen LogP contribution in [0.25, 0.3) is 20.2 Å². The van der Waals surface area contributed by atoms with Crippen molar-refractivity contribution in [2.24, 2.45) is 0 Å². The Morgan fingerprint density at radius 2 is 1.92 bits per heavy atom. The number of benzene rings is 2. The SMILES string of the molecule is Cc1ccc(NCCN2CCOCC2)c2c(=O)c3ccccc3sc12.Cl. The van der Waals surface area contributed by atoms with Gasteiger partial charge in [-0.25, -0.2) is 0 Å². The van der Waals surface area contributed by atoms with Crippen molar-refractivity contribution in [2.45, 2.75) is 6.92 Å². The predicted molar refractivity (Wildman–Crippen MR) is 113 cm³/mol. The summed E-state index contributed by atoms with van der Waals surface area (Å²) in [4.78, 5) is 15.5. The first-order chi connectivity index (χ1) is 12.2. The molecule has 0 radical (unpaired) electrons. The molecule has 3 aromatic rings. The number of aryl methyl sites for hydroxylation is 1. The van der Waals surface area contributed by atoms with Crippen LogP contribution in [0, 0.1) is 6.92 Å². The van der Waals surface area contributed by atoms with Crippen LogP contribution in [0.2, 0.25) is 0 Å². The van der Waals surface area contributed by atoms with E-state index in [0.29, 0.717) is 0 Å². The molecule has 0 unspecified atom stereocenters. The van der Waals surface area contributed by atoms with Gasteiger partial charge in [-0.2, -0.15) is 0 Å². The van der Waals surface area contributed by atoms with Gasteiger partial charge in [0.1, 0.15) is 0 Å². The molecule has 0 amide bonds. The van der Waals surface area contributed by atoms with Gasteiger partial charge >= 0.3 is 0 Å². The van der Waals surface area contributed by atoms with Crippen LogP contribution in [0.15, 0.2) is 41.2 Å². The predicted octanol–water partition coefficient (Wildman–Crippen LogP) is 3.89. The Hall–Kier alpha value is -1.66. The number of nitrogens with one attached hydrogen (secondary N) is 1. The van der Waals surface area contributed by atoms with E-state index in [-0.39, 0.29) is 17.8 Å². The van der Waals surface area contributed by atoms with Crippen LogP contribution in [0.4, 0.5) is 5.69 Å². The molecule has 0 atom stereocenters. The summed E-state index contributed by atoms with van der Waals surface area (Å²) in [6, 6.07) is 12.0. The molecule has 1 N–H and O–H groups in total. The molecule has 1 aliphatic rings. The standard InChI is InChI=1S/C20H22N2O2S.ClH/c1-14-6-7-16(21-8-9-22-10-12-24-13-11-22)18-19(23)15-4-2-3-5-17(15)25-20(14)18;/h2-7,21H,8-13H2,1H3;1H. The van der Waals surface area contributed by atoms with E-state index < -0.39 is 0 Å². The Balaban J connectivity index is 0.00000196. The van der Waals surface area contributed by atoms with Gasteiger partial charge in [0, 0.05) is 46.7 Å². The number of fused-ring (bicyclic) bond motifs is 2. The minimum atomic E-state index is 0. The van der Waals surface area contributed by atoms with Crippen LogP contribution < -0.4 is 10.7 Å². The third-order valence-corrected chi connectivity index (χ3v) is 6.08. The Kier molecular flexibility index (Phi) is 6.14. The van der Waals surface area contributed by atoms with Gasteiger partial charge in [-0.05, 0) is 30.7 Å². The molecule has 138 valence electrons. The molecule has 1 fully saturated rings. The van der Waals surface area contributed by atoms with E-state index in [2.05, 4.69) is 23.2 Å². The Labute approximate surface area is 163 Å². The smallest absolute Gasteiger partial charge is 0.197 e. The number of ether oxygens (including phenoxy) is 1. The van der Waals surface area contributed by atoms with Crippen LogP contribution in [-0.4, -0.2) is 44.3 Å². The maximum Gasteiger partial charge on any atom is 0.197 e. The zero-order chi connectivity index (χ0) is 17.2. The lowest BCUT2D eigenvalue weighted by Crippen LogP contribution is -2.39. The maximum atomic E-state index is 13.1. The van der Waals surface area contributed by atoms with Gasteiger partial charge in [0.2, 0.25) is 0 Å². The molecule has 1 aromatic heterocycles. The van der Waals surface area contributed by atoms with Crippen molar-refractivity contribution >= 4 is 49.6 Å². The fraction of sp³-hybridized carbons (Fsp3) is 0.350. The number of hydrogen-bond donors (Lipinski definition) is 1. The van der Waals surface area contributed by atoms with Gasteiger partial charge in [-0.1, -0.05) is 18.2 Å². The molecule has 4 nitrogen and oxygen atoms in total. The summed E-state index contributed by atoms with van der Waals surface area (Å²) in [6.45, 7) is 7.45. The highest BCUT2D eigenvalue weighted by Gasteiger charge is 2.13. The monoisotopic (exact) mass is 390 g/mol. The Morgan fingerprint density at radius 3 is 2.73 bits per heavy atom. The first-order valence-electron chi connectivity index (χ1n) is 8.73. The van der Waals surface area contributed by atoms with E-state index >= 15 is 0 Å². The number of nitrogens with zero attached hydrogens (tertiary/aromatic N) is 1. The molecule has 0 spiro atoms. The van der Waals surface area contributed by atoms with Crippen molar-refractivity contribution in [1.29, 1.82) is 0 Å². The Morgan fingerprint density at radius 1 is 1.15 bits per heavy atom. The van der Waals surface area contributed by atoms with Crippen LogP contribution >= 0.6 is 23.7 Å². The zero-order valence-corrected chi connectivity index (χ0v) is 16.4. The molecule has 0 bridgehead atoms. The summed E-state index contributed by atoms with van der Waals surface area (Å²) in [5.41, 5.74) is 2.23. The third kappa shape index (κ3) is 3.71. The molecular formula is C20H23ClN2O2S. The van der Waals surface area contributed by atoms with Crippen molar-refractivity contribution in [1.82, 2.24) is 4.90 Å². The zero-order valence-electron chi connectivity index (χ0n) is 14.8. The van der Waals surface area contributed by atoms with Crippen LogP contribution in [0.1, 0.15) is 5.56 Å². The summed E-state index contributed by atoms with van der Waals surface area (Å²) >= 11 is 1.70. The van der Waals surface area contributed by atoms with Gasteiger partial charge in [0.25, 0.3) is 0 Å². The summed E-state index contributed by atoms with van der Waals surface area (Å²) in [5.74, 6) is 0. The molecule has 26 heavy (non-hydrogen) atoms. The van der Waals surface area contributed by atoms with E-state index in [1.165, 1.54) is 0 Å². The van der Waals surface area contributed by atoms with E-state index in [1.54, 1.807) is 11.3 Å². The molecule has 1 aliphatic heterocycles. The lowest BCUT2D eigenvalue weighted by atomic mass is 10.1. The largest absolute Gasteiger partial charge is 0.383 e. The van der Waals surface area contributed by atoms with Gasteiger partial charge in [-0.3, -0.25) is 9.69 Å². The highest BCUT2D eigenvalue weighted by atomic mass is 35.5. The van der Waals surface area contributed by atoms with Crippen LogP contribution in [0.3, 0.4) is 0 Å². The van der Waals surface area contributed by atoms with Crippen molar-refractivity contribution in [3.63, 3.8) is 0 Å². The van der Waals surface area contributed by atoms with E-state index in [0.717, 1.165) is 70.8 Å².